The molecule has 0 aromatic rings. The second-order valence-electron chi connectivity index (χ2n) is 8.07. The van der Waals surface area contributed by atoms with Gasteiger partial charge in [-0.15, -0.1) is 0 Å². The minimum absolute atomic E-state index is 0.0605. The van der Waals surface area contributed by atoms with Crippen molar-refractivity contribution in [3.8, 4) is 0 Å². The van der Waals surface area contributed by atoms with E-state index in [4.69, 9.17) is 15.9 Å². The summed E-state index contributed by atoms with van der Waals surface area (Å²) in [6.45, 7) is 3.53. The number of rotatable bonds is 17. The molecule has 14 heteroatoms. The van der Waals surface area contributed by atoms with Crippen LogP contribution in [0.1, 0.15) is 46.0 Å². The molecule has 0 aromatic heterocycles. The van der Waals surface area contributed by atoms with E-state index in [-0.39, 0.29) is 25.2 Å². The summed E-state index contributed by atoms with van der Waals surface area (Å²) >= 11 is 1.37. The van der Waals surface area contributed by atoms with Crippen molar-refractivity contribution in [3.05, 3.63) is 0 Å². The SMILES string of the molecule is CSCCC(NC(=O)C(N)CC(=O)O)C(=O)NC(CCC(=O)O)C(=O)NC(CC(C)C)C(=O)O. The first-order chi connectivity index (χ1) is 15.8. The van der Waals surface area contributed by atoms with Crippen molar-refractivity contribution in [3.63, 3.8) is 0 Å². The summed E-state index contributed by atoms with van der Waals surface area (Å²) < 4.78 is 0. The molecule has 13 nitrogen and oxygen atoms in total. The predicted molar refractivity (Wildman–Crippen MR) is 123 cm³/mol. The fourth-order valence-corrected chi connectivity index (χ4v) is 3.31. The highest BCUT2D eigenvalue weighted by Crippen LogP contribution is 2.08. The van der Waals surface area contributed by atoms with Crippen LogP contribution < -0.4 is 21.7 Å². The summed E-state index contributed by atoms with van der Waals surface area (Å²) in [5.74, 6) is -6.00. The van der Waals surface area contributed by atoms with Crippen LogP contribution in [0.4, 0.5) is 0 Å². The van der Waals surface area contributed by atoms with E-state index in [1.807, 2.05) is 0 Å². The third kappa shape index (κ3) is 13.0. The number of carbonyl (C=O) groups is 6. The first-order valence-corrected chi connectivity index (χ1v) is 12.0. The second-order valence-corrected chi connectivity index (χ2v) is 9.06. The smallest absolute Gasteiger partial charge is 0.326 e. The van der Waals surface area contributed by atoms with Gasteiger partial charge < -0.3 is 37.0 Å². The maximum absolute atomic E-state index is 12.9. The van der Waals surface area contributed by atoms with Gasteiger partial charge in [-0.3, -0.25) is 24.0 Å². The average molecular weight is 507 g/mol. The Morgan fingerprint density at radius 1 is 0.794 bits per heavy atom. The molecule has 0 saturated heterocycles. The molecule has 0 aliphatic heterocycles. The van der Waals surface area contributed by atoms with E-state index in [1.54, 1.807) is 20.1 Å². The molecule has 0 fully saturated rings. The number of hydrogen-bond acceptors (Lipinski definition) is 8. The van der Waals surface area contributed by atoms with Crippen LogP contribution in [0.5, 0.6) is 0 Å². The molecule has 34 heavy (non-hydrogen) atoms. The molecule has 0 heterocycles. The molecule has 0 aliphatic carbocycles. The van der Waals surface area contributed by atoms with Gasteiger partial charge >= 0.3 is 17.9 Å². The van der Waals surface area contributed by atoms with E-state index in [0.717, 1.165) is 0 Å². The van der Waals surface area contributed by atoms with Crippen molar-refractivity contribution in [2.75, 3.05) is 12.0 Å². The van der Waals surface area contributed by atoms with Gasteiger partial charge in [0.2, 0.25) is 17.7 Å². The largest absolute Gasteiger partial charge is 0.481 e. The molecule has 0 aliphatic rings. The van der Waals surface area contributed by atoms with Crippen LogP contribution in [0, 0.1) is 5.92 Å². The summed E-state index contributed by atoms with van der Waals surface area (Å²) in [6.07, 6.45) is 0.551. The molecule has 3 amide bonds. The molecule has 8 N–H and O–H groups in total. The number of nitrogens with one attached hydrogen (secondary N) is 3. The van der Waals surface area contributed by atoms with E-state index in [0.29, 0.717) is 5.75 Å². The van der Waals surface area contributed by atoms with E-state index in [1.165, 1.54) is 11.8 Å². The summed E-state index contributed by atoms with van der Waals surface area (Å²) in [6, 6.07) is -5.19. The lowest BCUT2D eigenvalue weighted by atomic mass is 10.0. The Balaban J connectivity index is 5.54. The molecular weight excluding hydrogens is 472 g/mol. The Hall–Kier alpha value is -2.87. The maximum atomic E-state index is 12.9. The monoisotopic (exact) mass is 506 g/mol. The van der Waals surface area contributed by atoms with Crippen molar-refractivity contribution in [1.29, 1.82) is 0 Å². The van der Waals surface area contributed by atoms with Gasteiger partial charge in [-0.1, -0.05) is 13.8 Å². The second kappa shape index (κ2) is 15.9. The summed E-state index contributed by atoms with van der Waals surface area (Å²) in [5, 5.41) is 34.2. The zero-order valence-electron chi connectivity index (χ0n) is 19.4. The van der Waals surface area contributed by atoms with Crippen LogP contribution in [0.2, 0.25) is 0 Å². The van der Waals surface area contributed by atoms with Crippen molar-refractivity contribution in [2.45, 2.75) is 70.1 Å². The molecule has 194 valence electrons. The van der Waals surface area contributed by atoms with Crippen molar-refractivity contribution >= 4 is 47.4 Å². The van der Waals surface area contributed by atoms with Gasteiger partial charge in [0.1, 0.15) is 18.1 Å². The fraction of sp³-hybridized carbons (Fsp3) is 0.700. The summed E-state index contributed by atoms with van der Waals surface area (Å²) in [5.41, 5.74) is 5.53. The molecule has 4 atom stereocenters. The topological polar surface area (TPSA) is 225 Å². The van der Waals surface area contributed by atoms with E-state index < -0.39 is 72.6 Å². The van der Waals surface area contributed by atoms with Gasteiger partial charge in [-0.2, -0.15) is 11.8 Å². The average Bonchev–Trinajstić information content (AvgIpc) is 2.71. The van der Waals surface area contributed by atoms with Crippen LogP contribution in [0.15, 0.2) is 0 Å². The fourth-order valence-electron chi connectivity index (χ4n) is 2.84. The minimum atomic E-state index is -1.40. The molecule has 0 aromatic carbocycles. The minimum Gasteiger partial charge on any atom is -0.481 e. The Morgan fingerprint density at radius 3 is 1.74 bits per heavy atom. The van der Waals surface area contributed by atoms with Crippen molar-refractivity contribution in [2.24, 2.45) is 11.7 Å². The molecule has 0 bridgehead atoms. The first-order valence-electron chi connectivity index (χ1n) is 10.6. The van der Waals surface area contributed by atoms with E-state index in [2.05, 4.69) is 16.0 Å². The van der Waals surface area contributed by atoms with Gasteiger partial charge in [0.25, 0.3) is 0 Å². The maximum Gasteiger partial charge on any atom is 0.326 e. The van der Waals surface area contributed by atoms with Gasteiger partial charge in [0.15, 0.2) is 0 Å². The Bertz CT molecular complexity index is 748. The van der Waals surface area contributed by atoms with E-state index >= 15 is 0 Å². The number of amides is 3. The van der Waals surface area contributed by atoms with Gasteiger partial charge in [0.05, 0.1) is 12.5 Å². The third-order valence-corrected chi connectivity index (χ3v) is 5.22. The van der Waals surface area contributed by atoms with Crippen LogP contribution >= 0.6 is 11.8 Å². The lowest BCUT2D eigenvalue weighted by molar-refractivity contribution is -0.143. The van der Waals surface area contributed by atoms with Gasteiger partial charge in [0, 0.05) is 6.42 Å². The molecule has 0 spiro atoms. The summed E-state index contributed by atoms with van der Waals surface area (Å²) in [7, 11) is 0. The van der Waals surface area contributed by atoms with Crippen molar-refractivity contribution in [1.82, 2.24) is 16.0 Å². The zero-order chi connectivity index (χ0) is 26.4. The number of carboxylic acid groups (broad SMARTS) is 3. The molecule has 0 rings (SSSR count). The Morgan fingerprint density at radius 2 is 1.29 bits per heavy atom. The number of aliphatic carboxylic acids is 3. The highest BCUT2D eigenvalue weighted by atomic mass is 32.2. The highest BCUT2D eigenvalue weighted by molar-refractivity contribution is 7.98. The molecular formula is C20H34N4O9S. The summed E-state index contributed by atoms with van der Waals surface area (Å²) in [4.78, 5) is 71.0. The van der Waals surface area contributed by atoms with Gasteiger partial charge in [-0.25, -0.2) is 4.79 Å². The molecule has 0 saturated carbocycles. The highest BCUT2D eigenvalue weighted by Gasteiger charge is 2.31. The molecule has 0 radical (unpaired) electrons. The van der Waals surface area contributed by atoms with Crippen LogP contribution in [-0.4, -0.2) is 87.1 Å². The zero-order valence-corrected chi connectivity index (χ0v) is 20.2. The van der Waals surface area contributed by atoms with E-state index in [9.17, 15) is 33.9 Å². The van der Waals surface area contributed by atoms with Crippen LogP contribution in [0.3, 0.4) is 0 Å². The normalized spacial score (nSPS) is 14.4. The van der Waals surface area contributed by atoms with Crippen molar-refractivity contribution < 1.29 is 44.1 Å². The molecule has 4 unspecified atom stereocenters. The lowest BCUT2D eigenvalue weighted by Gasteiger charge is -2.25. The standard InChI is InChI=1S/C20H34N4O9S/c1-10(2)8-14(20(32)33)24-18(30)12(4-5-15(25)26)23-19(31)13(6-7-34-3)22-17(29)11(21)9-16(27)28/h10-14H,4-9,21H2,1-3H3,(H,22,29)(H,23,31)(H,24,30)(H,25,26)(H,27,28)(H,32,33). The van der Waals surface area contributed by atoms with Crippen LogP contribution in [-0.2, 0) is 28.8 Å². The number of thioether (sulfide) groups is 1. The Labute approximate surface area is 201 Å². The number of carboxylic acids is 3. The predicted octanol–water partition coefficient (Wildman–Crippen LogP) is -1.01. The van der Waals surface area contributed by atoms with Gasteiger partial charge in [-0.05, 0) is 37.2 Å². The first kappa shape index (κ1) is 31.1. The quantitative estimate of drug-likeness (QED) is 0.126. The third-order valence-electron chi connectivity index (χ3n) is 4.58. The number of hydrogen-bond donors (Lipinski definition) is 7. The number of nitrogens with two attached hydrogens (primary N) is 1. The van der Waals surface area contributed by atoms with Crippen LogP contribution in [0.25, 0.3) is 0 Å². The number of carbonyl (C=O) groups excluding carboxylic acids is 3. The Kier molecular flexibility index (Phi) is 14.5. The lowest BCUT2D eigenvalue weighted by Crippen LogP contribution is -2.57.